The molecule has 0 saturated carbocycles. The van der Waals surface area contributed by atoms with Gasteiger partial charge in [-0.3, -0.25) is 5.73 Å². The van der Waals surface area contributed by atoms with E-state index in [4.69, 9.17) is 5.73 Å². The van der Waals surface area contributed by atoms with Gasteiger partial charge < -0.3 is 0 Å². The lowest BCUT2D eigenvalue weighted by Gasteiger charge is -2.07. The predicted molar refractivity (Wildman–Crippen MR) is 88.4 cm³/mol. The maximum Gasteiger partial charge on any atom is 0.330 e. The van der Waals surface area contributed by atoms with Crippen molar-refractivity contribution in [1.82, 2.24) is 0 Å². The Balaban J connectivity index is 1.80. The highest BCUT2D eigenvalue weighted by Crippen LogP contribution is 2.39. The van der Waals surface area contributed by atoms with Crippen molar-refractivity contribution in [3.63, 3.8) is 0 Å². The van der Waals surface area contributed by atoms with Gasteiger partial charge in [-0.05, 0) is 47.7 Å². The van der Waals surface area contributed by atoms with Crippen LogP contribution in [0.4, 0.5) is 5.13 Å². The molecule has 0 bridgehead atoms. The number of aromatic amines is 1. The molecule has 1 aliphatic rings. The molecule has 0 saturated heterocycles. The zero-order chi connectivity index (χ0) is 14.6. The molecule has 0 amide bonds. The fourth-order valence-corrected chi connectivity index (χ4v) is 3.91. The van der Waals surface area contributed by atoms with E-state index in [1.54, 1.807) is 11.3 Å². The fraction of sp³-hybridized carbons (Fsp3) is 0.167. The first-order valence-corrected chi connectivity index (χ1v) is 7.95. The molecule has 3 heteroatoms. The van der Waals surface area contributed by atoms with Gasteiger partial charge in [0.1, 0.15) is 5.69 Å². The van der Waals surface area contributed by atoms with Crippen LogP contribution in [0.1, 0.15) is 21.6 Å². The second kappa shape index (κ2) is 4.43. The first kappa shape index (κ1) is 12.6. The Morgan fingerprint density at radius 2 is 1.76 bits per heavy atom. The lowest BCUT2D eigenvalue weighted by molar-refractivity contribution is -0.340. The molecule has 0 aliphatic heterocycles. The molecular weight excluding hydrogens is 276 g/mol. The number of nitrogens with two attached hydrogens (primary N) is 1. The van der Waals surface area contributed by atoms with Crippen LogP contribution in [0.25, 0.3) is 22.4 Å². The molecule has 0 radical (unpaired) electrons. The van der Waals surface area contributed by atoms with Crippen molar-refractivity contribution < 1.29 is 4.98 Å². The minimum absolute atomic E-state index is 0.795. The van der Waals surface area contributed by atoms with Gasteiger partial charge in [-0.15, -0.1) is 0 Å². The monoisotopic (exact) mass is 293 g/mol. The summed E-state index contributed by atoms with van der Waals surface area (Å²) >= 11 is 1.66. The molecule has 2 aromatic carbocycles. The lowest BCUT2D eigenvalue weighted by atomic mass is 9.97. The Morgan fingerprint density at radius 1 is 1.00 bits per heavy atom. The zero-order valence-corrected chi connectivity index (χ0v) is 13.0. The Hall–Kier alpha value is -2.13. The van der Waals surface area contributed by atoms with Gasteiger partial charge in [0, 0.05) is 12.0 Å². The molecule has 104 valence electrons. The smallest absolute Gasteiger partial charge is 0.278 e. The molecule has 1 aromatic heterocycles. The van der Waals surface area contributed by atoms with Crippen LogP contribution in [0.5, 0.6) is 0 Å². The van der Waals surface area contributed by atoms with E-state index in [1.165, 1.54) is 44.0 Å². The van der Waals surface area contributed by atoms with Crippen molar-refractivity contribution in [3.05, 3.63) is 58.0 Å². The molecular formula is C18H17N2S+. The van der Waals surface area contributed by atoms with Crippen molar-refractivity contribution in [2.75, 3.05) is 5.73 Å². The van der Waals surface area contributed by atoms with Crippen molar-refractivity contribution in [2.24, 2.45) is 0 Å². The van der Waals surface area contributed by atoms with E-state index in [2.05, 4.69) is 55.2 Å². The van der Waals surface area contributed by atoms with Crippen LogP contribution >= 0.6 is 11.3 Å². The second-order valence-corrected chi connectivity index (χ2v) is 6.87. The Morgan fingerprint density at radius 3 is 2.57 bits per heavy atom. The van der Waals surface area contributed by atoms with Crippen LogP contribution < -0.4 is 10.7 Å². The lowest BCUT2D eigenvalue weighted by Crippen LogP contribution is -2.06. The van der Waals surface area contributed by atoms with Crippen LogP contribution in [0.15, 0.2) is 36.4 Å². The van der Waals surface area contributed by atoms with Crippen molar-refractivity contribution in [2.45, 2.75) is 20.3 Å². The minimum Gasteiger partial charge on any atom is -0.278 e. The van der Waals surface area contributed by atoms with Gasteiger partial charge in [0.25, 0.3) is 0 Å². The first-order valence-electron chi connectivity index (χ1n) is 7.13. The van der Waals surface area contributed by atoms with Gasteiger partial charge in [-0.1, -0.05) is 41.7 Å². The standard InChI is InChI=1S/C18H16N2S/c1-10-3-4-12(7-11(10)2)13-5-6-15-14(8-13)9-16-17(15)20-18(19)21-16/h3-8H,9H2,1-2H3,(H2,19,20)/p+1. The molecule has 0 unspecified atom stereocenters. The van der Waals surface area contributed by atoms with E-state index in [0.29, 0.717) is 0 Å². The van der Waals surface area contributed by atoms with Crippen LogP contribution in [-0.4, -0.2) is 0 Å². The van der Waals surface area contributed by atoms with Gasteiger partial charge in [-0.25, -0.2) is 4.98 Å². The largest absolute Gasteiger partial charge is 0.330 e. The van der Waals surface area contributed by atoms with E-state index in [0.717, 1.165) is 11.6 Å². The fourth-order valence-electron chi connectivity index (χ4n) is 3.00. The van der Waals surface area contributed by atoms with E-state index in [1.807, 2.05) is 0 Å². The van der Waals surface area contributed by atoms with Crippen molar-refractivity contribution >= 4 is 16.5 Å². The molecule has 3 aromatic rings. The molecule has 21 heavy (non-hydrogen) atoms. The third-order valence-corrected chi connectivity index (χ3v) is 5.24. The number of benzene rings is 2. The summed E-state index contributed by atoms with van der Waals surface area (Å²) in [7, 11) is 0. The highest BCUT2D eigenvalue weighted by Gasteiger charge is 2.25. The van der Waals surface area contributed by atoms with Gasteiger partial charge in [0.2, 0.25) is 0 Å². The van der Waals surface area contributed by atoms with E-state index >= 15 is 0 Å². The van der Waals surface area contributed by atoms with Gasteiger partial charge in [0.15, 0.2) is 0 Å². The number of H-pyrrole nitrogens is 1. The molecule has 0 spiro atoms. The summed E-state index contributed by atoms with van der Waals surface area (Å²) in [6.45, 7) is 4.32. The normalized spacial score (nSPS) is 12.3. The van der Waals surface area contributed by atoms with Gasteiger partial charge in [0.05, 0.1) is 4.88 Å². The molecule has 0 atom stereocenters. The molecule has 4 rings (SSSR count). The molecule has 1 heterocycles. The molecule has 0 fully saturated rings. The van der Waals surface area contributed by atoms with Crippen LogP contribution in [-0.2, 0) is 6.42 Å². The van der Waals surface area contributed by atoms with Crippen LogP contribution in [0, 0.1) is 13.8 Å². The summed E-state index contributed by atoms with van der Waals surface area (Å²) in [5, 5.41) is 0.795. The van der Waals surface area contributed by atoms with E-state index in [-0.39, 0.29) is 0 Å². The van der Waals surface area contributed by atoms with Crippen LogP contribution in [0.3, 0.4) is 0 Å². The van der Waals surface area contributed by atoms with E-state index < -0.39 is 0 Å². The SMILES string of the molecule is Cc1ccc(-c2ccc3c(c2)Cc2sc(N)[nH+]c2-3)cc1C. The van der Waals surface area contributed by atoms with Gasteiger partial charge >= 0.3 is 5.13 Å². The predicted octanol–water partition coefficient (Wildman–Crippen LogP) is 4.00. The average molecular weight is 293 g/mol. The molecule has 2 nitrogen and oxygen atoms in total. The Labute approximate surface area is 128 Å². The zero-order valence-electron chi connectivity index (χ0n) is 12.2. The number of nitrogen functional groups attached to an aromatic ring is 1. The maximum absolute atomic E-state index is 5.86. The minimum atomic E-state index is 0.795. The maximum atomic E-state index is 5.86. The van der Waals surface area contributed by atoms with Crippen LogP contribution in [0.2, 0.25) is 0 Å². The number of aryl methyl sites for hydroxylation is 2. The third kappa shape index (κ3) is 1.96. The van der Waals surface area contributed by atoms with Crippen molar-refractivity contribution in [1.29, 1.82) is 0 Å². The first-order chi connectivity index (χ1) is 10.1. The topological polar surface area (TPSA) is 40.2 Å². The highest BCUT2D eigenvalue weighted by atomic mass is 32.1. The van der Waals surface area contributed by atoms with Gasteiger partial charge in [-0.2, -0.15) is 0 Å². The number of thiazole rings is 1. The number of anilines is 1. The Kier molecular flexibility index (Phi) is 2.66. The highest BCUT2D eigenvalue weighted by molar-refractivity contribution is 7.15. The number of rotatable bonds is 1. The summed E-state index contributed by atoms with van der Waals surface area (Å²) in [6.07, 6.45) is 0.988. The second-order valence-electron chi connectivity index (χ2n) is 5.74. The molecule has 1 aliphatic carbocycles. The third-order valence-electron chi connectivity index (χ3n) is 4.33. The number of hydrogen-bond donors (Lipinski definition) is 1. The summed E-state index contributed by atoms with van der Waals surface area (Å²) in [5.41, 5.74) is 15.0. The summed E-state index contributed by atoms with van der Waals surface area (Å²) < 4.78 is 0. The molecule has 3 N–H and O–H groups in total. The summed E-state index contributed by atoms with van der Waals surface area (Å²) in [5.74, 6) is 0. The van der Waals surface area contributed by atoms with Crippen molar-refractivity contribution in [3.8, 4) is 22.4 Å². The number of hydrogen-bond acceptors (Lipinski definition) is 2. The summed E-state index contributed by atoms with van der Waals surface area (Å²) in [6, 6.07) is 13.4. The Bertz CT molecular complexity index is 862. The number of fused-ring (bicyclic) bond motifs is 3. The average Bonchev–Trinajstić information content (AvgIpc) is 2.97. The summed E-state index contributed by atoms with van der Waals surface area (Å²) in [4.78, 5) is 4.63. The quantitative estimate of drug-likeness (QED) is 0.566. The number of aromatic nitrogens is 1. The number of nitrogens with one attached hydrogen (secondary N) is 1. The van der Waals surface area contributed by atoms with E-state index in [9.17, 15) is 0 Å².